The molecule has 0 radical (unpaired) electrons. The molecule has 9 heteroatoms. The van der Waals surface area contributed by atoms with Crippen molar-refractivity contribution in [2.75, 3.05) is 13.1 Å². The number of carbonyl (C=O) groups is 2. The van der Waals surface area contributed by atoms with Crippen molar-refractivity contribution in [3.8, 4) is 5.75 Å². The lowest BCUT2D eigenvalue weighted by Gasteiger charge is -2.63. The van der Waals surface area contributed by atoms with Crippen molar-refractivity contribution in [1.29, 1.82) is 0 Å². The van der Waals surface area contributed by atoms with Crippen molar-refractivity contribution in [3.63, 3.8) is 0 Å². The van der Waals surface area contributed by atoms with Crippen LogP contribution in [0.5, 0.6) is 5.75 Å². The molecule has 1 aromatic rings. The summed E-state index contributed by atoms with van der Waals surface area (Å²) < 4.78 is 26.4. The van der Waals surface area contributed by atoms with Gasteiger partial charge in [0.15, 0.2) is 0 Å². The van der Waals surface area contributed by atoms with Crippen molar-refractivity contribution >= 4 is 11.9 Å². The predicted octanol–water partition coefficient (Wildman–Crippen LogP) is 0.728. The number of benzene rings is 1. The normalized spacial score (nSPS) is 44.3. The molecule has 0 aromatic heterocycles. The van der Waals surface area contributed by atoms with Crippen LogP contribution in [0.2, 0.25) is 0 Å². The molecule has 2 heterocycles. The van der Waals surface area contributed by atoms with Crippen LogP contribution in [0.25, 0.3) is 0 Å². The number of likely N-dealkylation sites (tertiary alicyclic amines) is 1. The number of imide groups is 1. The molecule has 4 fully saturated rings. The highest BCUT2D eigenvalue weighted by Crippen LogP contribution is 2.74. The number of amides is 3. The third-order valence-electron chi connectivity index (χ3n) is 8.25. The van der Waals surface area contributed by atoms with Gasteiger partial charge in [0.1, 0.15) is 11.3 Å². The Morgan fingerprint density at radius 3 is 2.69 bits per heavy atom. The van der Waals surface area contributed by atoms with Crippen molar-refractivity contribution < 1.29 is 28.6 Å². The van der Waals surface area contributed by atoms with Crippen molar-refractivity contribution in [2.45, 2.75) is 60.1 Å². The molecule has 2 bridgehead atoms. The number of urea groups is 1. The van der Waals surface area contributed by atoms with Gasteiger partial charge in [0.2, 0.25) is 0 Å². The van der Waals surface area contributed by atoms with Crippen LogP contribution in [0.15, 0.2) is 18.2 Å². The highest BCUT2D eigenvalue weighted by atomic mass is 19.3. The molecule has 154 valence electrons. The minimum Gasteiger partial charge on any atom is -0.508 e. The van der Waals surface area contributed by atoms with E-state index in [-0.39, 0.29) is 25.0 Å². The van der Waals surface area contributed by atoms with Gasteiger partial charge < -0.3 is 15.5 Å². The maximum absolute atomic E-state index is 13.2. The van der Waals surface area contributed by atoms with Gasteiger partial charge in [0, 0.05) is 17.4 Å². The smallest absolute Gasteiger partial charge is 0.322 e. The topological polar surface area (TPSA) is 102 Å². The fourth-order valence-electron chi connectivity index (χ4n) is 7.53. The average molecular weight is 405 g/mol. The van der Waals surface area contributed by atoms with Gasteiger partial charge in [-0.1, -0.05) is 6.07 Å². The highest BCUT2D eigenvalue weighted by molar-refractivity contribution is 6.07. The van der Waals surface area contributed by atoms with E-state index in [2.05, 4.69) is 10.6 Å². The number of phenols is 1. The van der Waals surface area contributed by atoms with E-state index < -0.39 is 52.9 Å². The fourth-order valence-corrected chi connectivity index (χ4v) is 7.53. The van der Waals surface area contributed by atoms with E-state index >= 15 is 0 Å². The van der Waals surface area contributed by atoms with Crippen LogP contribution >= 0.6 is 0 Å². The zero-order chi connectivity index (χ0) is 20.4. The molecule has 1 unspecified atom stereocenters. The predicted molar refractivity (Wildman–Crippen MR) is 95.7 cm³/mol. The first-order chi connectivity index (χ1) is 13.7. The van der Waals surface area contributed by atoms with E-state index in [4.69, 9.17) is 0 Å². The van der Waals surface area contributed by atoms with E-state index in [9.17, 15) is 28.6 Å². The van der Waals surface area contributed by atoms with E-state index in [1.807, 2.05) is 6.07 Å². The zero-order valence-corrected chi connectivity index (χ0v) is 15.5. The molecule has 3 amide bonds. The molecule has 2 aliphatic heterocycles. The molecule has 29 heavy (non-hydrogen) atoms. The first-order valence-electron chi connectivity index (χ1n) is 9.88. The molecule has 7 nitrogen and oxygen atoms in total. The molecule has 6 rings (SSSR count). The Labute approximate surface area is 165 Å². The van der Waals surface area contributed by atoms with Crippen LogP contribution in [-0.4, -0.2) is 63.7 Å². The molecule has 5 atom stereocenters. The molecule has 4 N–H and O–H groups in total. The molecule has 2 saturated carbocycles. The molecule has 1 aromatic carbocycles. The van der Waals surface area contributed by atoms with Crippen molar-refractivity contribution in [2.24, 2.45) is 0 Å². The summed E-state index contributed by atoms with van der Waals surface area (Å²) in [4.78, 5) is 26.2. The minimum atomic E-state index is -2.50. The Bertz CT molecular complexity index is 988. The Hall–Kier alpha value is -2.26. The lowest BCUT2D eigenvalue weighted by Crippen LogP contribution is -2.76. The number of aromatic hydroxyl groups is 1. The van der Waals surface area contributed by atoms with Gasteiger partial charge in [-0.2, -0.15) is 0 Å². The number of alkyl halides is 2. The van der Waals surface area contributed by atoms with Crippen molar-refractivity contribution in [1.82, 2.24) is 15.5 Å². The number of nitrogens with zero attached hydrogens (tertiary/aromatic N) is 1. The SMILES string of the molecule is O=C1NC(=O)[C@@]2(CC[C@@]3(O)[C@@H]4N(CC(F)F)CC45C[C@@]3(C2)c2cc(O)ccc25)N1. The van der Waals surface area contributed by atoms with Gasteiger partial charge in [0.05, 0.1) is 18.2 Å². The number of aliphatic hydroxyl groups is 1. The molecular weight excluding hydrogens is 384 g/mol. The first-order valence-corrected chi connectivity index (χ1v) is 9.88. The van der Waals surface area contributed by atoms with E-state index in [1.54, 1.807) is 17.0 Å². The van der Waals surface area contributed by atoms with Gasteiger partial charge in [-0.15, -0.1) is 0 Å². The number of hydrogen-bond acceptors (Lipinski definition) is 5. The number of carbonyl (C=O) groups excluding carboxylic acids is 2. The maximum Gasteiger partial charge on any atom is 0.322 e. The molecule has 3 aliphatic carbocycles. The summed E-state index contributed by atoms with van der Waals surface area (Å²) in [5.41, 5.74) is -2.07. The van der Waals surface area contributed by atoms with E-state index in [0.29, 0.717) is 13.0 Å². The number of nitrogens with one attached hydrogen (secondary N) is 2. The summed E-state index contributed by atoms with van der Waals surface area (Å²) >= 11 is 0. The molecular formula is C20H21F2N3O4. The third-order valence-corrected chi connectivity index (χ3v) is 8.25. The van der Waals surface area contributed by atoms with Gasteiger partial charge in [-0.25, -0.2) is 13.6 Å². The monoisotopic (exact) mass is 405 g/mol. The van der Waals surface area contributed by atoms with Crippen LogP contribution < -0.4 is 10.6 Å². The summed E-state index contributed by atoms with van der Waals surface area (Å²) in [6.07, 6.45) is -1.34. The van der Waals surface area contributed by atoms with Crippen LogP contribution in [0, 0.1) is 0 Å². The summed E-state index contributed by atoms with van der Waals surface area (Å²) in [6, 6.07) is 4.02. The fraction of sp³-hybridized carbons (Fsp3) is 0.600. The second-order valence-electron chi connectivity index (χ2n) is 9.46. The number of halogens is 2. The van der Waals surface area contributed by atoms with Gasteiger partial charge in [-0.05, 0) is 48.9 Å². The summed E-state index contributed by atoms with van der Waals surface area (Å²) in [7, 11) is 0. The maximum atomic E-state index is 13.2. The van der Waals surface area contributed by atoms with Crippen LogP contribution in [0.4, 0.5) is 13.6 Å². The van der Waals surface area contributed by atoms with E-state index in [1.165, 1.54) is 0 Å². The Morgan fingerprint density at radius 1 is 1.21 bits per heavy atom. The number of phenolic OH excluding ortho intramolecular Hbond substituents is 1. The number of hydrogen-bond donors (Lipinski definition) is 4. The average Bonchev–Trinajstić information content (AvgIpc) is 3.11. The summed E-state index contributed by atoms with van der Waals surface area (Å²) in [6.45, 7) is 0.00991. The number of fused-ring (bicyclic) bond motifs is 2. The second kappa shape index (κ2) is 4.89. The van der Waals surface area contributed by atoms with Gasteiger partial charge in [-0.3, -0.25) is 15.0 Å². The lowest BCUT2D eigenvalue weighted by molar-refractivity contribution is -0.165. The quantitative estimate of drug-likeness (QED) is 0.544. The third kappa shape index (κ3) is 1.76. The van der Waals surface area contributed by atoms with Gasteiger partial charge >= 0.3 is 6.03 Å². The van der Waals surface area contributed by atoms with E-state index in [0.717, 1.165) is 11.1 Å². The first kappa shape index (κ1) is 17.6. The van der Waals surface area contributed by atoms with Crippen LogP contribution in [0.3, 0.4) is 0 Å². The number of rotatable bonds is 2. The largest absolute Gasteiger partial charge is 0.508 e. The minimum absolute atomic E-state index is 0.0595. The molecule has 5 aliphatic rings. The zero-order valence-electron chi connectivity index (χ0n) is 15.5. The highest BCUT2D eigenvalue weighted by Gasteiger charge is 2.82. The van der Waals surface area contributed by atoms with Crippen LogP contribution in [-0.2, 0) is 15.6 Å². The Morgan fingerprint density at radius 2 is 2.00 bits per heavy atom. The Kier molecular flexibility index (Phi) is 2.97. The summed E-state index contributed by atoms with van der Waals surface area (Å²) in [5, 5.41) is 27.2. The molecule has 3 spiro atoms. The second-order valence-corrected chi connectivity index (χ2v) is 9.46. The van der Waals surface area contributed by atoms with Gasteiger partial charge in [0.25, 0.3) is 12.3 Å². The van der Waals surface area contributed by atoms with Crippen LogP contribution in [0.1, 0.15) is 36.8 Å². The van der Waals surface area contributed by atoms with Crippen molar-refractivity contribution in [3.05, 3.63) is 29.3 Å². The Balaban J connectivity index is 1.53. The lowest BCUT2D eigenvalue weighted by atomic mass is 9.52. The standard InChI is InChI=1S/C20H21F2N3O4/c21-13(22)6-25-9-17-7-18(12-5-10(26)1-2-11(12)17)8-19(15(27)23-16(28)24-19)3-4-20(18,29)14(17)25/h1-2,5,13-14,26,29H,3-4,6-9H2,(H2,23,24,27,28)/t14-,17?,18-,19+,20-/m1/s1. The summed E-state index contributed by atoms with van der Waals surface area (Å²) in [5.74, 6) is -0.352. The molecule has 2 saturated heterocycles.